The van der Waals surface area contributed by atoms with E-state index in [-0.39, 0.29) is 12.2 Å². The zero-order valence-electron chi connectivity index (χ0n) is 18.1. The van der Waals surface area contributed by atoms with Crippen LogP contribution in [0.15, 0.2) is 55.0 Å². The fraction of sp³-hybridized carbons (Fsp3) is 0.261. The minimum atomic E-state index is -0.389. The van der Waals surface area contributed by atoms with E-state index in [1.807, 2.05) is 29.7 Å². The molecule has 4 heterocycles. The van der Waals surface area contributed by atoms with Crippen LogP contribution in [0, 0.1) is 6.92 Å². The molecule has 168 valence electrons. The Morgan fingerprint density at radius 1 is 1.12 bits per heavy atom. The van der Waals surface area contributed by atoms with E-state index in [0.717, 1.165) is 42.0 Å². The lowest BCUT2D eigenvalue weighted by molar-refractivity contribution is -0.186. The number of anilines is 2. The standard InChI is InChI=1S/C23H23N7O3/c1-15-20(30-13-4-11-25-23(30)26-15)18-10-12-24-22(28-18)27-17-8-6-16(7-9-17)21(31)29-33-19-5-2-3-14-32-19/h4,6-13,19H,2-3,5,14H2,1H3,(H,29,31)(H,24,27,28). The average Bonchev–Trinajstić information content (AvgIpc) is 3.19. The molecule has 0 radical (unpaired) electrons. The first-order valence-corrected chi connectivity index (χ1v) is 10.8. The van der Waals surface area contributed by atoms with Crippen LogP contribution in [-0.4, -0.2) is 43.1 Å². The van der Waals surface area contributed by atoms with E-state index in [1.54, 1.807) is 36.7 Å². The normalized spacial score (nSPS) is 16.0. The molecule has 0 aliphatic carbocycles. The molecule has 4 aromatic rings. The second kappa shape index (κ2) is 9.31. The second-order valence-corrected chi connectivity index (χ2v) is 7.65. The lowest BCUT2D eigenvalue weighted by atomic mass is 10.2. The number of imidazole rings is 1. The molecule has 0 bridgehead atoms. The van der Waals surface area contributed by atoms with Crippen molar-refractivity contribution >= 4 is 23.3 Å². The van der Waals surface area contributed by atoms with Crippen LogP contribution in [0.3, 0.4) is 0 Å². The molecule has 1 aliphatic heterocycles. The molecular formula is C23H23N7O3. The van der Waals surface area contributed by atoms with Crippen LogP contribution in [-0.2, 0) is 9.57 Å². The number of ether oxygens (including phenoxy) is 1. The van der Waals surface area contributed by atoms with E-state index >= 15 is 0 Å². The zero-order valence-corrected chi connectivity index (χ0v) is 18.1. The van der Waals surface area contributed by atoms with Gasteiger partial charge in [0.15, 0.2) is 6.29 Å². The Labute approximate surface area is 190 Å². The Morgan fingerprint density at radius 2 is 2.00 bits per heavy atom. The van der Waals surface area contributed by atoms with Crippen molar-refractivity contribution in [2.45, 2.75) is 32.5 Å². The summed E-state index contributed by atoms with van der Waals surface area (Å²) in [6, 6.07) is 10.7. The molecule has 1 fully saturated rings. The molecule has 1 atom stereocenters. The number of carbonyl (C=O) groups is 1. The minimum absolute atomic E-state index is 0.328. The number of nitrogens with zero attached hydrogens (tertiary/aromatic N) is 5. The number of carbonyl (C=O) groups excluding carboxylic acids is 1. The van der Waals surface area contributed by atoms with E-state index in [2.05, 4.69) is 30.7 Å². The van der Waals surface area contributed by atoms with Gasteiger partial charge in [-0.3, -0.25) is 9.20 Å². The van der Waals surface area contributed by atoms with Gasteiger partial charge in [-0.15, -0.1) is 0 Å². The van der Waals surface area contributed by atoms with Crippen molar-refractivity contribution in [2.75, 3.05) is 11.9 Å². The van der Waals surface area contributed by atoms with Crippen LogP contribution >= 0.6 is 0 Å². The number of aryl methyl sites for hydroxylation is 1. The molecular weight excluding hydrogens is 422 g/mol. The van der Waals surface area contributed by atoms with Gasteiger partial charge in [-0.1, -0.05) is 0 Å². The largest absolute Gasteiger partial charge is 0.350 e. The van der Waals surface area contributed by atoms with E-state index < -0.39 is 0 Å². The fourth-order valence-corrected chi connectivity index (χ4v) is 3.67. The van der Waals surface area contributed by atoms with Crippen molar-refractivity contribution in [1.29, 1.82) is 0 Å². The molecule has 0 saturated carbocycles. The Balaban J connectivity index is 1.27. The highest BCUT2D eigenvalue weighted by Gasteiger charge is 2.17. The van der Waals surface area contributed by atoms with Gasteiger partial charge >= 0.3 is 0 Å². The van der Waals surface area contributed by atoms with Crippen LogP contribution in [0.5, 0.6) is 0 Å². The smallest absolute Gasteiger partial charge is 0.274 e. The first kappa shape index (κ1) is 21.0. The third-order valence-electron chi connectivity index (χ3n) is 5.30. The van der Waals surface area contributed by atoms with Crippen molar-refractivity contribution in [3.63, 3.8) is 0 Å². The van der Waals surface area contributed by atoms with Gasteiger partial charge in [-0.2, -0.15) is 0 Å². The molecule has 2 N–H and O–H groups in total. The summed E-state index contributed by atoms with van der Waals surface area (Å²) >= 11 is 0. The maximum atomic E-state index is 12.3. The van der Waals surface area contributed by atoms with Crippen LogP contribution in [0.2, 0.25) is 0 Å². The SMILES string of the molecule is Cc1nc2ncccn2c1-c1ccnc(Nc2ccc(C(=O)NOC3CCCCO3)cc2)n1. The lowest BCUT2D eigenvalue weighted by Gasteiger charge is -2.22. The average molecular weight is 445 g/mol. The van der Waals surface area contributed by atoms with Gasteiger partial charge in [0.2, 0.25) is 11.7 Å². The van der Waals surface area contributed by atoms with Crippen molar-refractivity contribution in [2.24, 2.45) is 0 Å². The van der Waals surface area contributed by atoms with E-state index in [4.69, 9.17) is 9.57 Å². The summed E-state index contributed by atoms with van der Waals surface area (Å²) in [5.41, 5.74) is 6.09. The quantitative estimate of drug-likeness (QED) is 0.434. The van der Waals surface area contributed by atoms with E-state index in [0.29, 0.717) is 23.9 Å². The molecule has 10 nitrogen and oxygen atoms in total. The van der Waals surface area contributed by atoms with E-state index in [1.165, 1.54) is 0 Å². The fourth-order valence-electron chi connectivity index (χ4n) is 3.67. The Bertz CT molecular complexity index is 1270. The van der Waals surface area contributed by atoms with Gasteiger partial charge in [-0.25, -0.2) is 30.3 Å². The predicted octanol–water partition coefficient (Wildman–Crippen LogP) is 3.43. The number of aromatic nitrogens is 5. The van der Waals surface area contributed by atoms with Gasteiger partial charge in [0, 0.05) is 42.9 Å². The number of hydrogen-bond donors (Lipinski definition) is 2. The topological polar surface area (TPSA) is 116 Å². The van der Waals surface area contributed by atoms with Crippen molar-refractivity contribution in [1.82, 2.24) is 29.8 Å². The molecule has 3 aromatic heterocycles. The molecule has 1 aromatic carbocycles. The highest BCUT2D eigenvalue weighted by molar-refractivity contribution is 5.93. The van der Waals surface area contributed by atoms with E-state index in [9.17, 15) is 4.79 Å². The molecule has 5 rings (SSSR count). The van der Waals surface area contributed by atoms with Gasteiger partial charge in [0.1, 0.15) is 0 Å². The maximum Gasteiger partial charge on any atom is 0.274 e. The molecule has 1 amide bonds. The number of hydrogen-bond acceptors (Lipinski definition) is 8. The maximum absolute atomic E-state index is 12.3. The van der Waals surface area contributed by atoms with Crippen molar-refractivity contribution < 1.29 is 14.4 Å². The van der Waals surface area contributed by atoms with Crippen LogP contribution in [0.25, 0.3) is 17.2 Å². The molecule has 1 aliphatic rings. The number of amides is 1. The molecule has 1 unspecified atom stereocenters. The molecule has 33 heavy (non-hydrogen) atoms. The number of hydroxylamine groups is 1. The summed E-state index contributed by atoms with van der Waals surface area (Å²) in [6.45, 7) is 2.57. The van der Waals surface area contributed by atoms with Gasteiger partial charge in [-0.05, 0) is 56.2 Å². The number of nitrogens with one attached hydrogen (secondary N) is 2. The van der Waals surface area contributed by atoms with Gasteiger partial charge in [0.05, 0.1) is 17.1 Å². The summed E-state index contributed by atoms with van der Waals surface area (Å²) in [7, 11) is 0. The number of benzene rings is 1. The van der Waals surface area contributed by atoms with Crippen molar-refractivity contribution in [3.8, 4) is 11.4 Å². The first-order valence-electron chi connectivity index (χ1n) is 10.8. The first-order chi connectivity index (χ1) is 16.2. The summed E-state index contributed by atoms with van der Waals surface area (Å²) in [4.78, 5) is 35.4. The Morgan fingerprint density at radius 3 is 2.82 bits per heavy atom. The Kier molecular flexibility index (Phi) is 5.92. The van der Waals surface area contributed by atoms with Crippen LogP contribution in [0.1, 0.15) is 35.3 Å². The molecule has 1 saturated heterocycles. The summed E-state index contributed by atoms with van der Waals surface area (Å²) in [5, 5.41) is 3.17. The van der Waals surface area contributed by atoms with Crippen molar-refractivity contribution in [3.05, 3.63) is 66.2 Å². The minimum Gasteiger partial charge on any atom is -0.350 e. The zero-order chi connectivity index (χ0) is 22.6. The lowest BCUT2D eigenvalue weighted by Crippen LogP contribution is -2.33. The number of rotatable bonds is 6. The predicted molar refractivity (Wildman–Crippen MR) is 121 cm³/mol. The highest BCUT2D eigenvalue weighted by atomic mass is 16.8. The summed E-state index contributed by atoms with van der Waals surface area (Å²) in [5.74, 6) is 0.720. The second-order valence-electron chi connectivity index (χ2n) is 7.65. The Hall–Kier alpha value is -3.89. The highest BCUT2D eigenvalue weighted by Crippen LogP contribution is 2.24. The van der Waals surface area contributed by atoms with Gasteiger partial charge < -0.3 is 10.1 Å². The van der Waals surface area contributed by atoms with Gasteiger partial charge in [0.25, 0.3) is 5.91 Å². The molecule has 0 spiro atoms. The third-order valence-corrected chi connectivity index (χ3v) is 5.30. The monoisotopic (exact) mass is 445 g/mol. The summed E-state index contributed by atoms with van der Waals surface area (Å²) in [6.07, 6.45) is 7.72. The van der Waals surface area contributed by atoms with Crippen LogP contribution < -0.4 is 10.8 Å². The number of fused-ring (bicyclic) bond motifs is 1. The molecule has 10 heteroatoms. The van der Waals surface area contributed by atoms with Crippen LogP contribution in [0.4, 0.5) is 11.6 Å². The third kappa shape index (κ3) is 4.66. The summed E-state index contributed by atoms with van der Waals surface area (Å²) < 4.78 is 7.35.